The minimum Gasteiger partial charge on any atom is -0.497 e. The van der Waals surface area contributed by atoms with E-state index in [1.54, 1.807) is 26.8 Å². The van der Waals surface area contributed by atoms with Crippen LogP contribution in [-0.2, 0) is 26.2 Å². The van der Waals surface area contributed by atoms with Crippen molar-refractivity contribution in [2.45, 2.75) is 44.3 Å². The van der Waals surface area contributed by atoms with E-state index in [-0.39, 0.29) is 34.7 Å². The lowest BCUT2D eigenvalue weighted by atomic mass is 10.1. The van der Waals surface area contributed by atoms with Gasteiger partial charge in [0.05, 0.1) is 39.0 Å². The van der Waals surface area contributed by atoms with Gasteiger partial charge in [-0.2, -0.15) is 0 Å². The van der Waals surface area contributed by atoms with Gasteiger partial charge in [0.25, 0.3) is 10.0 Å². The van der Waals surface area contributed by atoms with Gasteiger partial charge in [-0.15, -0.1) is 0 Å². The number of anilines is 1. The maximum Gasteiger partial charge on any atom is 0.265 e. The van der Waals surface area contributed by atoms with Crippen LogP contribution in [0.4, 0.5) is 10.1 Å². The number of ether oxygens (including phenoxy) is 4. The molecule has 3 aromatic carbocycles. The average Bonchev–Trinajstić information content (AvgIpc) is 3.01. The normalized spacial score (nSPS) is 11.8. The first-order chi connectivity index (χ1) is 20.9. The molecule has 0 spiro atoms. The van der Waals surface area contributed by atoms with Crippen LogP contribution in [-0.4, -0.2) is 72.2 Å². The van der Waals surface area contributed by atoms with Crippen LogP contribution in [0.3, 0.4) is 0 Å². The summed E-state index contributed by atoms with van der Waals surface area (Å²) >= 11 is 0. The lowest BCUT2D eigenvalue weighted by Gasteiger charge is -2.32. The average molecular weight is 632 g/mol. The van der Waals surface area contributed by atoms with E-state index >= 15 is 0 Å². The van der Waals surface area contributed by atoms with Crippen LogP contribution in [0.25, 0.3) is 0 Å². The third-order valence-electron chi connectivity index (χ3n) is 6.74. The highest BCUT2D eigenvalue weighted by Crippen LogP contribution is 2.37. The zero-order valence-electron chi connectivity index (χ0n) is 25.8. The van der Waals surface area contributed by atoms with E-state index in [0.29, 0.717) is 17.1 Å². The molecule has 0 saturated heterocycles. The fraction of sp³-hybridized carbons (Fsp3) is 0.355. The highest BCUT2D eigenvalue weighted by Gasteiger charge is 2.34. The minimum absolute atomic E-state index is 0.0241. The molecule has 0 radical (unpaired) electrons. The van der Waals surface area contributed by atoms with Gasteiger partial charge in [-0.25, -0.2) is 12.8 Å². The van der Waals surface area contributed by atoms with Crippen molar-refractivity contribution in [2.75, 3.05) is 39.3 Å². The van der Waals surface area contributed by atoms with Gasteiger partial charge in [0, 0.05) is 24.7 Å². The van der Waals surface area contributed by atoms with Crippen LogP contribution in [0.15, 0.2) is 65.6 Å². The van der Waals surface area contributed by atoms with Crippen molar-refractivity contribution >= 4 is 27.5 Å². The summed E-state index contributed by atoms with van der Waals surface area (Å²) in [7, 11) is 1.11. The molecular weight excluding hydrogens is 593 g/mol. The number of carbonyl (C=O) groups excluding carboxylic acids is 2. The molecule has 0 aliphatic rings. The summed E-state index contributed by atoms with van der Waals surface area (Å²) in [5.74, 6) is -0.669. The van der Waals surface area contributed by atoms with Crippen molar-refractivity contribution in [1.82, 2.24) is 10.2 Å². The molecule has 13 heteroatoms. The number of hydrogen-bond acceptors (Lipinski definition) is 8. The van der Waals surface area contributed by atoms with Crippen LogP contribution in [0.2, 0.25) is 0 Å². The summed E-state index contributed by atoms with van der Waals surface area (Å²) in [6, 6.07) is 12.8. The van der Waals surface area contributed by atoms with Gasteiger partial charge in [0.15, 0.2) is 11.5 Å². The van der Waals surface area contributed by atoms with E-state index in [1.165, 1.54) is 87.9 Å². The largest absolute Gasteiger partial charge is 0.497 e. The van der Waals surface area contributed by atoms with Crippen LogP contribution < -0.4 is 28.6 Å². The molecule has 44 heavy (non-hydrogen) atoms. The molecule has 0 heterocycles. The molecule has 1 atom stereocenters. The molecule has 0 aromatic heterocycles. The fourth-order valence-corrected chi connectivity index (χ4v) is 5.82. The van der Waals surface area contributed by atoms with Crippen molar-refractivity contribution < 1.29 is 41.3 Å². The van der Waals surface area contributed by atoms with Gasteiger partial charge < -0.3 is 29.2 Å². The number of sulfonamides is 1. The molecular formula is C31H38FN3O8S. The van der Waals surface area contributed by atoms with Crippen LogP contribution in [0.5, 0.6) is 23.0 Å². The number of methoxy groups -OCH3 is 4. The second kappa shape index (κ2) is 14.8. The molecule has 0 bridgehead atoms. The maximum atomic E-state index is 14.3. The smallest absolute Gasteiger partial charge is 0.265 e. The number of rotatable bonds is 14. The van der Waals surface area contributed by atoms with Crippen LogP contribution >= 0.6 is 0 Å². The molecule has 1 N–H and O–H groups in total. The number of amides is 2. The van der Waals surface area contributed by atoms with Crippen LogP contribution in [0.1, 0.15) is 26.3 Å². The Labute approximate surface area is 257 Å². The Morgan fingerprint density at radius 1 is 0.818 bits per heavy atom. The van der Waals surface area contributed by atoms with Gasteiger partial charge in [0.1, 0.15) is 29.9 Å². The third-order valence-corrected chi connectivity index (χ3v) is 8.50. The molecule has 238 valence electrons. The van der Waals surface area contributed by atoms with E-state index in [2.05, 4.69) is 5.32 Å². The van der Waals surface area contributed by atoms with Crippen molar-refractivity contribution in [2.24, 2.45) is 0 Å². The predicted octanol–water partition coefficient (Wildman–Crippen LogP) is 4.00. The Morgan fingerprint density at radius 3 is 2.00 bits per heavy atom. The molecule has 0 saturated carbocycles. The molecule has 11 nitrogen and oxygen atoms in total. The minimum atomic E-state index is -4.48. The highest BCUT2D eigenvalue weighted by molar-refractivity contribution is 7.92. The number of hydrogen-bond donors (Lipinski definition) is 1. The maximum absolute atomic E-state index is 14.3. The summed E-state index contributed by atoms with van der Waals surface area (Å²) in [5.41, 5.74) is 0.563. The Morgan fingerprint density at radius 2 is 1.43 bits per heavy atom. The van der Waals surface area contributed by atoms with E-state index in [0.717, 1.165) is 4.31 Å². The number of nitrogens with one attached hydrogen (secondary N) is 1. The monoisotopic (exact) mass is 631 g/mol. The number of nitrogens with zero attached hydrogens (tertiary/aromatic N) is 2. The fourth-order valence-electron chi connectivity index (χ4n) is 4.38. The van der Waals surface area contributed by atoms with Crippen molar-refractivity contribution in [3.8, 4) is 23.0 Å². The summed E-state index contributed by atoms with van der Waals surface area (Å²) in [6.45, 7) is 4.29. The first kappa shape index (κ1) is 34.0. The summed E-state index contributed by atoms with van der Waals surface area (Å²) < 4.78 is 64.6. The Bertz CT molecular complexity index is 1560. The lowest BCUT2D eigenvalue weighted by molar-refractivity contribution is -0.139. The molecule has 0 aliphatic heterocycles. The molecule has 3 rings (SSSR count). The third kappa shape index (κ3) is 7.90. The van der Waals surface area contributed by atoms with Gasteiger partial charge in [-0.05, 0) is 62.7 Å². The van der Waals surface area contributed by atoms with Gasteiger partial charge in [-0.3, -0.25) is 13.9 Å². The molecule has 1 unspecified atom stereocenters. The topological polar surface area (TPSA) is 124 Å². The van der Waals surface area contributed by atoms with Crippen LogP contribution in [0, 0.1) is 5.82 Å². The number of carbonyl (C=O) groups is 2. The first-order valence-corrected chi connectivity index (χ1v) is 15.1. The second-order valence-corrected chi connectivity index (χ2v) is 11.9. The van der Waals surface area contributed by atoms with Gasteiger partial charge in [0.2, 0.25) is 11.8 Å². The van der Waals surface area contributed by atoms with E-state index < -0.39 is 40.2 Å². The first-order valence-electron chi connectivity index (χ1n) is 13.7. The Kier molecular flexibility index (Phi) is 11.4. The molecule has 0 aliphatic carbocycles. The zero-order chi connectivity index (χ0) is 32.6. The predicted molar refractivity (Wildman–Crippen MR) is 163 cm³/mol. The van der Waals surface area contributed by atoms with E-state index in [1.807, 2.05) is 0 Å². The highest BCUT2D eigenvalue weighted by atomic mass is 32.2. The standard InChI is InChI=1S/C31H38FN3O8S/c1-20(2)33-31(37)21(3)34(18-22-8-10-23(32)11-9-22)30(36)19-35(26-16-24(40-4)12-14-27(26)41-5)44(38,39)25-13-15-28(42-6)29(17-25)43-7/h8-17,20-21H,18-19H2,1-7H3,(H,33,37). The summed E-state index contributed by atoms with van der Waals surface area (Å²) in [5, 5.41) is 2.78. The molecule has 3 aromatic rings. The summed E-state index contributed by atoms with van der Waals surface area (Å²) in [4.78, 5) is 28.3. The van der Waals surface area contributed by atoms with E-state index in [4.69, 9.17) is 18.9 Å². The molecule has 2 amide bonds. The summed E-state index contributed by atoms with van der Waals surface area (Å²) in [6.07, 6.45) is 0. The van der Waals surface area contributed by atoms with Crippen molar-refractivity contribution in [1.29, 1.82) is 0 Å². The number of halogens is 1. The zero-order valence-corrected chi connectivity index (χ0v) is 26.6. The van der Waals surface area contributed by atoms with Crippen molar-refractivity contribution in [3.63, 3.8) is 0 Å². The van der Waals surface area contributed by atoms with Crippen molar-refractivity contribution in [3.05, 3.63) is 72.0 Å². The van der Waals surface area contributed by atoms with E-state index in [9.17, 15) is 22.4 Å². The Balaban J connectivity index is 2.17. The lowest BCUT2D eigenvalue weighted by Crippen LogP contribution is -2.52. The van der Waals surface area contributed by atoms with Gasteiger partial charge >= 0.3 is 0 Å². The van der Waals surface area contributed by atoms with Gasteiger partial charge in [-0.1, -0.05) is 12.1 Å². The Hall–Kier alpha value is -4.52. The second-order valence-electron chi connectivity index (χ2n) is 10.1. The quantitative estimate of drug-likeness (QED) is 0.283. The SMILES string of the molecule is COc1ccc(OC)c(N(CC(=O)N(Cc2ccc(F)cc2)C(C)C(=O)NC(C)C)S(=O)(=O)c2ccc(OC)c(OC)c2)c1. The molecule has 0 fully saturated rings. The number of benzene rings is 3.